The van der Waals surface area contributed by atoms with Crippen molar-refractivity contribution in [1.82, 2.24) is 4.98 Å². The summed E-state index contributed by atoms with van der Waals surface area (Å²) in [7, 11) is -1.35. The van der Waals surface area contributed by atoms with E-state index in [-0.39, 0.29) is 11.5 Å². The van der Waals surface area contributed by atoms with Crippen LogP contribution in [0.15, 0.2) is 126 Å². The summed E-state index contributed by atoms with van der Waals surface area (Å²) in [4.78, 5) is 5.29. The van der Waals surface area contributed by atoms with Gasteiger partial charge in [-0.05, 0) is 83.3 Å². The van der Waals surface area contributed by atoms with Crippen molar-refractivity contribution in [3.05, 3.63) is 161 Å². The number of aryl methyl sites for hydroxylation is 2. The van der Waals surface area contributed by atoms with Crippen LogP contribution in [-0.4, -0.2) is 29.9 Å². The molecule has 0 bridgehead atoms. The molecule has 58 heavy (non-hydrogen) atoms. The Morgan fingerprint density at radius 2 is 1.53 bits per heavy atom. The van der Waals surface area contributed by atoms with Gasteiger partial charge in [0.15, 0.2) is 11.8 Å². The Balaban J connectivity index is 1.22. The normalized spacial score (nSPS) is 16.7. The third kappa shape index (κ3) is 5.72. The highest BCUT2D eigenvalue weighted by Gasteiger charge is 2.53. The van der Waals surface area contributed by atoms with E-state index in [2.05, 4.69) is 185 Å². The summed E-state index contributed by atoms with van der Waals surface area (Å²) in [5, 5.41) is 4.62. The second-order valence-corrected chi connectivity index (χ2v) is 24.7. The number of furan rings is 1. The lowest BCUT2D eigenvalue weighted by Crippen LogP contribution is -2.41. The minimum Gasteiger partial charge on any atom is -0.437 e. The molecule has 10 rings (SSSR count). The number of allylic oxidation sites excluding steroid dienone is 1. The average Bonchev–Trinajstić information content (AvgIpc) is 3.78. The van der Waals surface area contributed by atoms with E-state index in [1.54, 1.807) is 0 Å². The molecule has 4 aromatic carbocycles. The molecule has 0 amide bonds. The Hall–Kier alpha value is -5.65. The van der Waals surface area contributed by atoms with Crippen molar-refractivity contribution >= 4 is 52.1 Å². The van der Waals surface area contributed by atoms with Gasteiger partial charge in [0.05, 0.1) is 25.1 Å². The maximum Gasteiger partial charge on any atom is 0.260 e. The van der Waals surface area contributed by atoms with Gasteiger partial charge in [-0.1, -0.05) is 114 Å². The fraction of sp³-hybridized carbons (Fsp3) is 0.264. The molecule has 0 spiro atoms. The van der Waals surface area contributed by atoms with Crippen LogP contribution in [0.2, 0.25) is 25.7 Å². The summed E-state index contributed by atoms with van der Waals surface area (Å²) in [6.45, 7) is 24.2. The topological polar surface area (TPSA) is 33.1 Å². The molecule has 0 radical (unpaired) electrons. The van der Waals surface area contributed by atoms with Crippen LogP contribution in [0.4, 0.5) is 0 Å². The van der Waals surface area contributed by atoms with E-state index in [4.69, 9.17) is 9.40 Å². The molecule has 5 heterocycles. The van der Waals surface area contributed by atoms with Crippen LogP contribution in [0, 0.1) is 13.8 Å². The fourth-order valence-corrected chi connectivity index (χ4v) is 11.1. The van der Waals surface area contributed by atoms with Crippen LogP contribution in [-0.2, 0) is 11.8 Å². The van der Waals surface area contributed by atoms with Crippen molar-refractivity contribution in [3.63, 3.8) is 0 Å². The average molecular weight is 776 g/mol. The highest BCUT2D eigenvalue weighted by molar-refractivity contribution is 6.76. The van der Waals surface area contributed by atoms with Gasteiger partial charge < -0.3 is 4.42 Å². The summed E-state index contributed by atoms with van der Waals surface area (Å²) in [5.41, 5.74) is 17.9. The van der Waals surface area contributed by atoms with Crippen molar-refractivity contribution in [2.75, 3.05) is 6.54 Å². The van der Waals surface area contributed by atoms with E-state index in [1.165, 1.54) is 78.2 Å². The molecule has 0 saturated heterocycles. The minimum atomic E-state index is -1.35. The molecular formula is C53H53N3OSi+2. The van der Waals surface area contributed by atoms with Crippen LogP contribution >= 0.6 is 0 Å². The zero-order valence-electron chi connectivity index (χ0n) is 35.2. The summed E-state index contributed by atoms with van der Waals surface area (Å²) >= 11 is 0. The van der Waals surface area contributed by atoms with Gasteiger partial charge in [0.2, 0.25) is 23.0 Å². The predicted molar refractivity (Wildman–Crippen MR) is 244 cm³/mol. The lowest BCUT2D eigenvalue weighted by atomic mass is 9.83. The second kappa shape index (κ2) is 13.2. The first-order chi connectivity index (χ1) is 27.8. The highest BCUT2D eigenvalue weighted by atomic mass is 28.3. The van der Waals surface area contributed by atoms with Gasteiger partial charge in [0.25, 0.3) is 5.69 Å². The van der Waals surface area contributed by atoms with Gasteiger partial charge in [0.1, 0.15) is 6.54 Å². The van der Waals surface area contributed by atoms with Crippen molar-refractivity contribution in [2.24, 2.45) is 0 Å². The number of hydrogen-bond acceptors (Lipinski definition) is 2. The number of hydrogen-bond donors (Lipinski definition) is 0. The van der Waals surface area contributed by atoms with Crippen LogP contribution in [0.25, 0.3) is 60.7 Å². The van der Waals surface area contributed by atoms with Gasteiger partial charge in [-0.25, -0.2) is 9.56 Å². The number of rotatable bonds is 6. The summed E-state index contributed by atoms with van der Waals surface area (Å²) in [5.74, 6) is 0.329. The monoisotopic (exact) mass is 775 g/mol. The maximum absolute atomic E-state index is 7.05. The Kier molecular flexibility index (Phi) is 8.34. The zero-order chi connectivity index (χ0) is 40.2. The molecule has 1 aliphatic carbocycles. The van der Waals surface area contributed by atoms with Crippen LogP contribution in [0.5, 0.6) is 0 Å². The first kappa shape index (κ1) is 36.7. The zero-order valence-corrected chi connectivity index (χ0v) is 36.2. The van der Waals surface area contributed by atoms with Gasteiger partial charge in [-0.2, -0.15) is 4.40 Å². The molecule has 1 aliphatic heterocycles. The van der Waals surface area contributed by atoms with E-state index in [9.17, 15) is 0 Å². The lowest BCUT2D eigenvalue weighted by Gasteiger charge is -2.27. The van der Waals surface area contributed by atoms with Crippen molar-refractivity contribution < 1.29 is 13.4 Å². The summed E-state index contributed by atoms with van der Waals surface area (Å²) in [6.07, 6.45) is 5.43. The summed E-state index contributed by atoms with van der Waals surface area (Å²) in [6, 6.07) is 39.5. The third-order valence-electron chi connectivity index (χ3n) is 13.0. The van der Waals surface area contributed by atoms with E-state index >= 15 is 0 Å². The molecule has 0 N–H and O–H groups in total. The van der Waals surface area contributed by atoms with Gasteiger partial charge in [-0.15, -0.1) is 0 Å². The van der Waals surface area contributed by atoms with E-state index in [0.29, 0.717) is 11.6 Å². The van der Waals surface area contributed by atoms with Gasteiger partial charge >= 0.3 is 0 Å². The lowest BCUT2D eigenvalue weighted by molar-refractivity contribution is -0.614. The van der Waals surface area contributed by atoms with Crippen molar-refractivity contribution in [3.8, 4) is 22.4 Å². The van der Waals surface area contributed by atoms with Crippen LogP contribution in [0.1, 0.15) is 71.8 Å². The van der Waals surface area contributed by atoms with E-state index in [1.807, 2.05) is 0 Å². The number of benzene rings is 4. The standard InChI is InChI=1S/C53H53N3OSi/c1-10-45-38-19-15-14-18-37(38)42-31-43-39-20-21-40-41-22-23-44(47-32(2)28-35(29-33(47)3)34-16-12-11-13-17-34)54-52(41)57-51(40)48(39)46-30-36(53(4,5)6)24-25-55(46)50(43)49(42)56(45)26-27-58(7,8)9/h10-25,28-30,42,49H,1,26-27,31H2,2-9H3/q+2. The number of nitrogens with zero attached hydrogens (tertiary/aromatic N) is 3. The smallest absolute Gasteiger partial charge is 0.260 e. The molecule has 5 heteroatoms. The minimum absolute atomic E-state index is 0.0242. The molecule has 8 aromatic rings. The molecule has 2 atom stereocenters. The first-order valence-electron chi connectivity index (χ1n) is 21.0. The van der Waals surface area contributed by atoms with Gasteiger partial charge in [-0.3, -0.25) is 0 Å². The number of aromatic nitrogens is 2. The maximum atomic E-state index is 7.05. The molecule has 0 saturated carbocycles. The Morgan fingerprint density at radius 1 is 0.828 bits per heavy atom. The first-order valence-corrected chi connectivity index (χ1v) is 24.7. The molecule has 288 valence electrons. The molecule has 4 aromatic heterocycles. The van der Waals surface area contributed by atoms with Crippen LogP contribution < -0.4 is 4.40 Å². The Bertz CT molecular complexity index is 3020. The van der Waals surface area contributed by atoms with Crippen molar-refractivity contribution in [2.45, 2.75) is 84.1 Å². The quantitative estimate of drug-likeness (QED) is 0.0957. The predicted octanol–water partition coefficient (Wildman–Crippen LogP) is 12.8. The van der Waals surface area contributed by atoms with Crippen molar-refractivity contribution in [1.29, 1.82) is 0 Å². The largest absolute Gasteiger partial charge is 0.437 e. The molecule has 2 aliphatic rings. The van der Waals surface area contributed by atoms with Crippen LogP contribution in [0.3, 0.4) is 0 Å². The number of fused-ring (bicyclic) bond motifs is 14. The molecule has 0 fully saturated rings. The van der Waals surface area contributed by atoms with E-state index < -0.39 is 8.07 Å². The molecule has 2 unspecified atom stereocenters. The fourth-order valence-electron chi connectivity index (χ4n) is 10.2. The Labute approximate surface area is 343 Å². The third-order valence-corrected chi connectivity index (χ3v) is 14.8. The summed E-state index contributed by atoms with van der Waals surface area (Å²) < 4.78 is 12.3. The SMILES string of the molecule is C=CC1=[N+](CC[Si](C)(C)C)C2c3c(c4ccc5c6ccc(-c7c(C)cc(-c8ccccc8)cc7C)nc6oc5c4c4cc(C(C)(C)C)cc[n+]34)CC2c2ccccc21. The highest BCUT2D eigenvalue weighted by Crippen LogP contribution is 2.51. The molecule has 4 nitrogen and oxygen atoms in total. The second-order valence-electron chi connectivity index (χ2n) is 19.1. The van der Waals surface area contributed by atoms with E-state index in [0.717, 1.165) is 40.6 Å². The molecular weight excluding hydrogens is 723 g/mol. The van der Waals surface area contributed by atoms with Gasteiger partial charge in [0, 0.05) is 57.1 Å². The Morgan fingerprint density at radius 3 is 2.26 bits per heavy atom. The number of pyridine rings is 3.